The zero-order valence-corrected chi connectivity index (χ0v) is 13.2. The molecule has 19 heavy (non-hydrogen) atoms. The third kappa shape index (κ3) is 6.83. The molecule has 0 unspecified atom stereocenters. The number of unbranched alkanes of at least 4 members (excludes halogenated alkanes) is 1. The number of halogens is 1. The number of hydrogen-bond acceptors (Lipinski definition) is 3. The van der Waals surface area contributed by atoms with Crippen LogP contribution in [-0.4, -0.2) is 20.8 Å². The SMILES string of the molecule is CC(C)(C)c1cccc(OCCCCS(=O)(=O)Cl)c1. The van der Waals surface area contributed by atoms with E-state index in [1.807, 2.05) is 18.2 Å². The molecule has 0 atom stereocenters. The number of benzene rings is 1. The molecule has 0 radical (unpaired) electrons. The van der Waals surface area contributed by atoms with Crippen molar-refractivity contribution >= 4 is 19.7 Å². The highest BCUT2D eigenvalue weighted by Gasteiger charge is 2.13. The summed E-state index contributed by atoms with van der Waals surface area (Å²) in [6.07, 6.45) is 1.19. The van der Waals surface area contributed by atoms with Crippen molar-refractivity contribution in [3.8, 4) is 5.75 Å². The molecule has 0 aliphatic carbocycles. The Morgan fingerprint density at radius 3 is 2.47 bits per heavy atom. The summed E-state index contributed by atoms with van der Waals surface area (Å²) in [4.78, 5) is 0. The van der Waals surface area contributed by atoms with Gasteiger partial charge in [-0.15, -0.1) is 0 Å². The lowest BCUT2D eigenvalue weighted by Gasteiger charge is -2.19. The summed E-state index contributed by atoms with van der Waals surface area (Å²) in [5.41, 5.74) is 1.31. The molecule has 108 valence electrons. The molecule has 0 spiro atoms. The number of ether oxygens (including phenoxy) is 1. The largest absolute Gasteiger partial charge is 0.494 e. The van der Waals surface area contributed by atoms with E-state index in [2.05, 4.69) is 26.8 Å². The van der Waals surface area contributed by atoms with Crippen LogP contribution in [0.15, 0.2) is 24.3 Å². The summed E-state index contributed by atoms with van der Waals surface area (Å²) >= 11 is 0. The van der Waals surface area contributed by atoms with Crippen LogP contribution < -0.4 is 4.74 Å². The second-order valence-corrected chi connectivity index (χ2v) is 8.47. The minimum absolute atomic E-state index is 0.0000532. The van der Waals surface area contributed by atoms with Crippen LogP contribution in [0.25, 0.3) is 0 Å². The van der Waals surface area contributed by atoms with E-state index in [0.717, 1.165) is 5.75 Å². The van der Waals surface area contributed by atoms with E-state index in [1.165, 1.54) is 5.56 Å². The summed E-state index contributed by atoms with van der Waals surface area (Å²) in [5, 5.41) is 0. The van der Waals surface area contributed by atoms with Crippen molar-refractivity contribution in [2.45, 2.75) is 39.0 Å². The second-order valence-electron chi connectivity index (χ2n) is 5.58. The van der Waals surface area contributed by atoms with Crippen molar-refractivity contribution in [2.75, 3.05) is 12.4 Å². The van der Waals surface area contributed by atoms with Gasteiger partial charge >= 0.3 is 0 Å². The third-order valence-electron chi connectivity index (χ3n) is 2.75. The molecule has 3 nitrogen and oxygen atoms in total. The Balaban J connectivity index is 2.42. The fourth-order valence-electron chi connectivity index (χ4n) is 1.62. The summed E-state index contributed by atoms with van der Waals surface area (Å²) in [6.45, 7) is 6.95. The van der Waals surface area contributed by atoms with E-state index in [0.29, 0.717) is 19.4 Å². The van der Waals surface area contributed by atoms with Crippen LogP contribution in [0, 0.1) is 0 Å². The molecule has 0 saturated carbocycles. The van der Waals surface area contributed by atoms with Crippen molar-refractivity contribution in [2.24, 2.45) is 0 Å². The van der Waals surface area contributed by atoms with Gasteiger partial charge in [-0.3, -0.25) is 0 Å². The monoisotopic (exact) mass is 304 g/mol. The van der Waals surface area contributed by atoms with E-state index in [9.17, 15) is 8.42 Å². The molecule has 0 fully saturated rings. The summed E-state index contributed by atoms with van der Waals surface area (Å²) in [7, 11) is 1.75. The maximum absolute atomic E-state index is 10.7. The molecule has 0 aromatic heterocycles. The Bertz CT molecular complexity index is 504. The predicted octanol–water partition coefficient (Wildman–Crippen LogP) is 3.71. The van der Waals surface area contributed by atoms with Crippen molar-refractivity contribution in [1.29, 1.82) is 0 Å². The third-order valence-corrected chi connectivity index (χ3v) is 3.99. The van der Waals surface area contributed by atoms with Crippen LogP contribution in [0.3, 0.4) is 0 Å². The van der Waals surface area contributed by atoms with Crippen LogP contribution in [0.1, 0.15) is 39.2 Å². The second kappa shape index (κ2) is 6.62. The average Bonchev–Trinajstić information content (AvgIpc) is 2.26. The Hall–Kier alpha value is -0.740. The zero-order valence-electron chi connectivity index (χ0n) is 11.6. The summed E-state index contributed by atoms with van der Waals surface area (Å²) < 4.78 is 27.1. The van der Waals surface area contributed by atoms with Crippen LogP contribution in [0.2, 0.25) is 0 Å². The van der Waals surface area contributed by atoms with Crippen LogP contribution >= 0.6 is 10.7 Å². The van der Waals surface area contributed by atoms with Crippen molar-refractivity contribution in [1.82, 2.24) is 0 Å². The van der Waals surface area contributed by atoms with Gasteiger partial charge in [0, 0.05) is 10.7 Å². The molecule has 0 N–H and O–H groups in total. The lowest BCUT2D eigenvalue weighted by atomic mass is 9.87. The predicted molar refractivity (Wildman–Crippen MR) is 79.5 cm³/mol. The molecule has 1 rings (SSSR count). The Morgan fingerprint density at radius 2 is 1.89 bits per heavy atom. The quantitative estimate of drug-likeness (QED) is 0.594. The van der Waals surface area contributed by atoms with Crippen molar-refractivity contribution in [3.05, 3.63) is 29.8 Å². The number of rotatable bonds is 6. The molecule has 0 aliphatic rings. The van der Waals surface area contributed by atoms with Crippen LogP contribution in [-0.2, 0) is 14.5 Å². The van der Waals surface area contributed by atoms with Gasteiger partial charge in [0.2, 0.25) is 9.05 Å². The van der Waals surface area contributed by atoms with E-state index < -0.39 is 9.05 Å². The zero-order chi connectivity index (χ0) is 14.5. The molecular formula is C14H21ClO3S. The Morgan fingerprint density at radius 1 is 1.21 bits per heavy atom. The molecule has 0 heterocycles. The standard InChI is InChI=1S/C14H21ClO3S/c1-14(2,3)12-7-6-8-13(11-12)18-9-4-5-10-19(15,16)17/h6-8,11H,4-5,9-10H2,1-3H3. The van der Waals surface area contributed by atoms with E-state index in [4.69, 9.17) is 15.4 Å². The smallest absolute Gasteiger partial charge is 0.232 e. The van der Waals surface area contributed by atoms with Gasteiger partial charge in [0.05, 0.1) is 12.4 Å². The molecule has 5 heteroatoms. The highest BCUT2D eigenvalue weighted by molar-refractivity contribution is 8.13. The molecule has 0 bridgehead atoms. The van der Waals surface area contributed by atoms with Gasteiger partial charge in [0.1, 0.15) is 5.75 Å². The van der Waals surface area contributed by atoms with Gasteiger partial charge in [0.25, 0.3) is 0 Å². The van der Waals surface area contributed by atoms with Crippen molar-refractivity contribution < 1.29 is 13.2 Å². The van der Waals surface area contributed by atoms with Gasteiger partial charge in [-0.25, -0.2) is 8.42 Å². The first-order valence-corrected chi connectivity index (χ1v) is 8.82. The van der Waals surface area contributed by atoms with Crippen LogP contribution in [0.5, 0.6) is 5.75 Å². The lowest BCUT2D eigenvalue weighted by molar-refractivity contribution is 0.309. The van der Waals surface area contributed by atoms with E-state index in [-0.39, 0.29) is 11.2 Å². The highest BCUT2D eigenvalue weighted by atomic mass is 35.7. The first-order chi connectivity index (χ1) is 8.68. The van der Waals surface area contributed by atoms with Gasteiger partial charge in [0.15, 0.2) is 0 Å². The fourth-order valence-corrected chi connectivity index (χ4v) is 2.50. The maximum atomic E-state index is 10.7. The normalized spacial score (nSPS) is 12.4. The molecule has 1 aromatic carbocycles. The molecule has 0 saturated heterocycles. The van der Waals surface area contributed by atoms with Crippen LogP contribution in [0.4, 0.5) is 0 Å². The summed E-state index contributed by atoms with van der Waals surface area (Å²) in [6, 6.07) is 7.98. The molecule has 0 amide bonds. The fraction of sp³-hybridized carbons (Fsp3) is 0.571. The topological polar surface area (TPSA) is 43.4 Å². The van der Waals surface area contributed by atoms with Crippen molar-refractivity contribution in [3.63, 3.8) is 0 Å². The summed E-state index contributed by atoms with van der Waals surface area (Å²) in [5.74, 6) is 0.820. The minimum atomic E-state index is -3.38. The number of hydrogen-bond donors (Lipinski definition) is 0. The van der Waals surface area contributed by atoms with E-state index >= 15 is 0 Å². The highest BCUT2D eigenvalue weighted by Crippen LogP contribution is 2.25. The molecule has 0 aliphatic heterocycles. The Labute approximate surface area is 120 Å². The lowest BCUT2D eigenvalue weighted by Crippen LogP contribution is -2.11. The van der Waals surface area contributed by atoms with Gasteiger partial charge in [-0.05, 0) is 36.0 Å². The van der Waals surface area contributed by atoms with Gasteiger partial charge in [-0.2, -0.15) is 0 Å². The van der Waals surface area contributed by atoms with E-state index in [1.54, 1.807) is 0 Å². The Kier molecular flexibility index (Phi) is 5.68. The molecule has 1 aromatic rings. The van der Waals surface area contributed by atoms with Gasteiger partial charge in [-0.1, -0.05) is 32.9 Å². The van der Waals surface area contributed by atoms with Gasteiger partial charge < -0.3 is 4.74 Å². The first kappa shape index (κ1) is 16.3. The molecular weight excluding hydrogens is 284 g/mol. The first-order valence-electron chi connectivity index (χ1n) is 6.34. The maximum Gasteiger partial charge on any atom is 0.232 e. The minimum Gasteiger partial charge on any atom is -0.494 e. The average molecular weight is 305 g/mol.